The molecule has 0 bridgehead atoms. The fraction of sp³-hybridized carbons (Fsp3) is 0. The van der Waals surface area contributed by atoms with Gasteiger partial charge >= 0.3 is 11.9 Å². The number of hydrogen-bond donors (Lipinski definition) is 3. The lowest BCUT2D eigenvalue weighted by molar-refractivity contribution is -0.385. The second-order valence-corrected chi connectivity index (χ2v) is 5.39. The number of carbonyl (C=O) groups is 4. The molecule has 1 aliphatic carbocycles. The molecule has 10 heteroatoms. The third kappa shape index (κ3) is 2.20. The zero-order valence-electron chi connectivity index (χ0n) is 12.7. The van der Waals surface area contributed by atoms with Crippen molar-refractivity contribution in [3.8, 4) is 0 Å². The summed E-state index contributed by atoms with van der Waals surface area (Å²) in [7, 11) is 0. The highest BCUT2D eigenvalue weighted by atomic mass is 16.6. The molecule has 0 saturated heterocycles. The average Bonchev–Trinajstić information content (AvgIpc) is 2.58. The van der Waals surface area contributed by atoms with Crippen molar-refractivity contribution in [1.82, 2.24) is 0 Å². The monoisotopic (exact) mass is 356 g/mol. The summed E-state index contributed by atoms with van der Waals surface area (Å²) in [6.45, 7) is 0. The van der Waals surface area contributed by atoms with Crippen LogP contribution in [0.25, 0.3) is 0 Å². The minimum atomic E-state index is -1.60. The quantitative estimate of drug-likeness (QED) is 0.355. The third-order valence-electron chi connectivity index (χ3n) is 3.98. The maximum atomic E-state index is 12.7. The van der Waals surface area contributed by atoms with Gasteiger partial charge in [0.25, 0.3) is 5.69 Å². The molecule has 130 valence electrons. The minimum Gasteiger partial charge on any atom is -0.478 e. The lowest BCUT2D eigenvalue weighted by Crippen LogP contribution is -2.25. The Morgan fingerprint density at radius 1 is 0.962 bits per heavy atom. The van der Waals surface area contributed by atoms with Crippen molar-refractivity contribution in [2.45, 2.75) is 0 Å². The lowest BCUT2D eigenvalue weighted by Gasteiger charge is -2.20. The summed E-state index contributed by atoms with van der Waals surface area (Å²) in [5.74, 6) is -4.82. The average molecular weight is 356 g/mol. The first-order valence-corrected chi connectivity index (χ1v) is 6.96. The van der Waals surface area contributed by atoms with Gasteiger partial charge in [0.05, 0.1) is 27.3 Å². The van der Waals surface area contributed by atoms with Crippen molar-refractivity contribution in [3.05, 3.63) is 67.8 Å². The first kappa shape index (κ1) is 16.8. The van der Waals surface area contributed by atoms with Gasteiger partial charge in [-0.15, -0.1) is 0 Å². The summed E-state index contributed by atoms with van der Waals surface area (Å²) in [6.07, 6.45) is 0. The van der Waals surface area contributed by atoms with Crippen molar-refractivity contribution >= 4 is 34.9 Å². The van der Waals surface area contributed by atoms with Crippen molar-refractivity contribution < 1.29 is 34.3 Å². The number of carbonyl (C=O) groups excluding carboxylic acids is 2. The highest BCUT2D eigenvalue weighted by molar-refractivity contribution is 6.32. The molecule has 0 fully saturated rings. The number of fused-ring (bicyclic) bond motifs is 2. The van der Waals surface area contributed by atoms with Gasteiger partial charge in [-0.2, -0.15) is 0 Å². The number of rotatable bonds is 3. The number of nitro benzene ring substituents is 1. The number of nitrogens with zero attached hydrogens (tertiary/aromatic N) is 1. The van der Waals surface area contributed by atoms with Crippen molar-refractivity contribution in [2.24, 2.45) is 0 Å². The summed E-state index contributed by atoms with van der Waals surface area (Å²) in [6, 6.07) is 3.71. The van der Waals surface area contributed by atoms with Crippen LogP contribution in [-0.2, 0) is 0 Å². The van der Waals surface area contributed by atoms with Gasteiger partial charge in [-0.1, -0.05) is 0 Å². The molecule has 0 unspecified atom stereocenters. The van der Waals surface area contributed by atoms with Crippen LogP contribution in [0.1, 0.15) is 52.6 Å². The molecule has 1 aliphatic rings. The first-order chi connectivity index (χ1) is 12.1. The molecule has 0 radical (unpaired) electrons. The van der Waals surface area contributed by atoms with Gasteiger partial charge in [0, 0.05) is 17.2 Å². The Morgan fingerprint density at radius 2 is 1.58 bits per heavy atom. The maximum Gasteiger partial charge on any atom is 0.338 e. The van der Waals surface area contributed by atoms with E-state index in [-0.39, 0.29) is 16.7 Å². The Kier molecular flexibility index (Phi) is 3.53. The van der Waals surface area contributed by atoms with Gasteiger partial charge in [-0.3, -0.25) is 19.7 Å². The zero-order chi connectivity index (χ0) is 19.3. The highest BCUT2D eigenvalue weighted by Crippen LogP contribution is 2.38. The number of hydrogen-bond acceptors (Lipinski definition) is 7. The number of nitrogen functional groups attached to an aromatic ring is 1. The van der Waals surface area contributed by atoms with Gasteiger partial charge in [-0.25, -0.2) is 9.59 Å². The molecule has 0 saturated carbocycles. The lowest BCUT2D eigenvalue weighted by atomic mass is 9.80. The Morgan fingerprint density at radius 3 is 2.12 bits per heavy atom. The van der Waals surface area contributed by atoms with Crippen LogP contribution in [-0.4, -0.2) is 38.6 Å². The van der Waals surface area contributed by atoms with Crippen LogP contribution < -0.4 is 5.73 Å². The molecule has 10 nitrogen and oxygen atoms in total. The predicted octanol–water partition coefficient (Wildman–Crippen LogP) is 1.35. The Hall–Kier alpha value is -4.08. The normalized spacial score (nSPS) is 12.3. The number of benzene rings is 2. The van der Waals surface area contributed by atoms with Crippen LogP contribution in [0, 0.1) is 10.1 Å². The fourth-order valence-electron chi connectivity index (χ4n) is 2.80. The Bertz CT molecular complexity index is 1070. The summed E-state index contributed by atoms with van der Waals surface area (Å²) >= 11 is 0. The Balaban J connectivity index is 2.41. The van der Waals surface area contributed by atoms with Crippen LogP contribution in [0.3, 0.4) is 0 Å². The molecule has 4 N–H and O–H groups in total. The van der Waals surface area contributed by atoms with E-state index in [2.05, 4.69) is 0 Å². The molecule has 0 spiro atoms. The van der Waals surface area contributed by atoms with Gasteiger partial charge in [0.1, 0.15) is 5.56 Å². The summed E-state index contributed by atoms with van der Waals surface area (Å²) < 4.78 is 0. The molecule has 0 heterocycles. The largest absolute Gasteiger partial charge is 0.478 e. The van der Waals surface area contributed by atoms with Crippen molar-refractivity contribution in [1.29, 1.82) is 0 Å². The van der Waals surface area contributed by atoms with Crippen LogP contribution >= 0.6 is 0 Å². The maximum absolute atomic E-state index is 12.7. The number of nitro groups is 1. The summed E-state index contributed by atoms with van der Waals surface area (Å²) in [5, 5.41) is 29.5. The summed E-state index contributed by atoms with van der Waals surface area (Å²) in [5.41, 5.74) is 1.50. The van der Waals surface area contributed by atoms with E-state index in [9.17, 15) is 29.3 Å². The summed E-state index contributed by atoms with van der Waals surface area (Å²) in [4.78, 5) is 58.1. The SMILES string of the molecule is Nc1c(C(=O)O)cc([N+](=O)[O-])c2c1C(=O)c1ccc(C(=O)O)cc1C2=O. The van der Waals surface area contributed by atoms with Gasteiger partial charge in [-0.05, 0) is 18.2 Å². The van der Waals surface area contributed by atoms with E-state index in [0.29, 0.717) is 6.07 Å². The molecule has 0 aliphatic heterocycles. The van der Waals surface area contributed by atoms with E-state index in [4.69, 9.17) is 15.9 Å². The number of aromatic carboxylic acids is 2. The zero-order valence-corrected chi connectivity index (χ0v) is 12.7. The molecule has 3 rings (SSSR count). The number of carboxylic acid groups (broad SMARTS) is 2. The van der Waals surface area contributed by atoms with E-state index in [1.165, 1.54) is 0 Å². The van der Waals surface area contributed by atoms with Crippen LogP contribution in [0.2, 0.25) is 0 Å². The smallest absolute Gasteiger partial charge is 0.338 e. The fourth-order valence-corrected chi connectivity index (χ4v) is 2.80. The van der Waals surface area contributed by atoms with Gasteiger partial charge < -0.3 is 15.9 Å². The second kappa shape index (κ2) is 5.48. The first-order valence-electron chi connectivity index (χ1n) is 6.96. The molecular formula is C16H8N2O8. The number of carboxylic acids is 2. The van der Waals surface area contributed by atoms with E-state index >= 15 is 0 Å². The van der Waals surface area contributed by atoms with E-state index in [1.807, 2.05) is 0 Å². The van der Waals surface area contributed by atoms with Crippen molar-refractivity contribution in [3.63, 3.8) is 0 Å². The predicted molar refractivity (Wildman–Crippen MR) is 84.7 cm³/mol. The Labute approximate surface area is 143 Å². The molecule has 2 aromatic rings. The van der Waals surface area contributed by atoms with Crippen LogP contribution in [0.15, 0.2) is 24.3 Å². The van der Waals surface area contributed by atoms with E-state index < -0.39 is 56.5 Å². The van der Waals surface area contributed by atoms with Gasteiger partial charge in [0.15, 0.2) is 5.78 Å². The molecule has 0 amide bonds. The number of nitrogens with two attached hydrogens (primary N) is 1. The van der Waals surface area contributed by atoms with Crippen molar-refractivity contribution in [2.75, 3.05) is 5.73 Å². The second-order valence-electron chi connectivity index (χ2n) is 5.39. The van der Waals surface area contributed by atoms with E-state index in [1.54, 1.807) is 0 Å². The molecule has 2 aromatic carbocycles. The molecule has 0 aromatic heterocycles. The highest BCUT2D eigenvalue weighted by Gasteiger charge is 2.39. The van der Waals surface area contributed by atoms with E-state index in [0.717, 1.165) is 18.2 Å². The van der Waals surface area contributed by atoms with Gasteiger partial charge in [0.2, 0.25) is 5.78 Å². The standard InChI is InChI=1S/C16H8N2O8/c17-12-8(16(23)24)4-9(18(25)26)10-11(12)13(19)6-2-1-5(15(21)22)3-7(6)14(10)20/h1-4H,17H2,(H,21,22)(H,23,24). The van der Waals surface area contributed by atoms with Crippen LogP contribution in [0.5, 0.6) is 0 Å². The topological polar surface area (TPSA) is 178 Å². The molecule has 0 atom stereocenters. The molecular weight excluding hydrogens is 348 g/mol. The third-order valence-corrected chi connectivity index (χ3v) is 3.98. The minimum absolute atomic E-state index is 0.212. The number of anilines is 1. The molecule has 26 heavy (non-hydrogen) atoms. The number of ketones is 2. The van der Waals surface area contributed by atoms with Crippen LogP contribution in [0.4, 0.5) is 11.4 Å².